The first-order valence-corrected chi connectivity index (χ1v) is 4.23. The van der Waals surface area contributed by atoms with Crippen LogP contribution in [0.1, 0.15) is 10.4 Å². The van der Waals surface area contributed by atoms with E-state index in [9.17, 15) is 4.79 Å². The van der Waals surface area contributed by atoms with Gasteiger partial charge in [-0.05, 0) is 12.1 Å². The number of rotatable bonds is 3. The normalized spacial score (nSPS) is 9.07. The summed E-state index contributed by atoms with van der Waals surface area (Å²) < 4.78 is 9.76. The molecule has 0 saturated heterocycles. The highest BCUT2D eigenvalue weighted by Crippen LogP contribution is 2.22. The van der Waals surface area contributed by atoms with Gasteiger partial charge >= 0.3 is 5.97 Å². The number of nitrogen functional groups attached to an aromatic ring is 1. The molecule has 0 fully saturated rings. The summed E-state index contributed by atoms with van der Waals surface area (Å²) in [5.74, 6) is 2.15. The summed E-state index contributed by atoms with van der Waals surface area (Å²) in [6.07, 6.45) is 5.05. The lowest BCUT2D eigenvalue weighted by Crippen LogP contribution is -2.06. The third-order valence-corrected chi connectivity index (χ3v) is 1.72. The van der Waals surface area contributed by atoms with E-state index in [1.165, 1.54) is 19.2 Å². The molecule has 0 aliphatic rings. The van der Waals surface area contributed by atoms with E-state index >= 15 is 0 Å². The molecule has 1 aromatic carbocycles. The molecule has 0 heterocycles. The molecule has 0 aromatic heterocycles. The Hall–Kier alpha value is -2.15. The predicted molar refractivity (Wildman–Crippen MR) is 56.5 cm³/mol. The van der Waals surface area contributed by atoms with Gasteiger partial charge in [0.25, 0.3) is 0 Å². The Morgan fingerprint density at radius 1 is 1.60 bits per heavy atom. The van der Waals surface area contributed by atoms with Crippen molar-refractivity contribution in [1.29, 1.82) is 0 Å². The molecule has 0 saturated carbocycles. The summed E-state index contributed by atoms with van der Waals surface area (Å²) in [5.41, 5.74) is 6.36. The zero-order valence-electron chi connectivity index (χ0n) is 8.32. The molecule has 1 aromatic rings. The molecular weight excluding hydrogens is 194 g/mol. The number of hydrogen-bond acceptors (Lipinski definition) is 4. The van der Waals surface area contributed by atoms with Gasteiger partial charge in [0.1, 0.15) is 17.9 Å². The van der Waals surface area contributed by atoms with Crippen LogP contribution in [0.25, 0.3) is 0 Å². The van der Waals surface area contributed by atoms with Gasteiger partial charge in [-0.2, -0.15) is 0 Å². The number of carbonyl (C=O) groups is 1. The van der Waals surface area contributed by atoms with Gasteiger partial charge in [-0.25, -0.2) is 4.79 Å². The third-order valence-electron chi connectivity index (χ3n) is 1.72. The zero-order valence-corrected chi connectivity index (χ0v) is 8.32. The van der Waals surface area contributed by atoms with Crippen LogP contribution >= 0.6 is 0 Å². The smallest absolute Gasteiger partial charge is 0.341 e. The second-order valence-electron chi connectivity index (χ2n) is 2.74. The van der Waals surface area contributed by atoms with Crippen molar-refractivity contribution in [3.63, 3.8) is 0 Å². The molecular formula is C11H11NO3. The molecule has 0 spiro atoms. The summed E-state index contributed by atoms with van der Waals surface area (Å²) >= 11 is 0. The molecule has 15 heavy (non-hydrogen) atoms. The third kappa shape index (κ3) is 2.64. The predicted octanol–water partition coefficient (Wildman–Crippen LogP) is 1.07. The molecule has 0 atom stereocenters. The highest BCUT2D eigenvalue weighted by molar-refractivity contribution is 5.93. The molecule has 0 bridgehead atoms. The summed E-state index contributed by atoms with van der Waals surface area (Å²) in [6, 6.07) is 4.66. The molecule has 0 aliphatic carbocycles. The van der Waals surface area contributed by atoms with Crippen LogP contribution in [0.2, 0.25) is 0 Å². The van der Waals surface area contributed by atoms with Gasteiger partial charge in [0.15, 0.2) is 0 Å². The van der Waals surface area contributed by atoms with Crippen LogP contribution in [-0.2, 0) is 4.74 Å². The molecule has 2 N–H and O–H groups in total. The van der Waals surface area contributed by atoms with Gasteiger partial charge in [0.2, 0.25) is 0 Å². The topological polar surface area (TPSA) is 61.5 Å². The Bertz CT molecular complexity index is 407. The Balaban J connectivity index is 3.04. The van der Waals surface area contributed by atoms with Crippen molar-refractivity contribution < 1.29 is 14.3 Å². The summed E-state index contributed by atoms with van der Waals surface area (Å²) in [5, 5.41) is 0. The number of carbonyl (C=O) groups excluding carboxylic acids is 1. The van der Waals surface area contributed by atoms with Crippen LogP contribution in [0.5, 0.6) is 5.75 Å². The Kier molecular flexibility index (Phi) is 3.58. The largest absolute Gasteiger partial charge is 0.480 e. The zero-order chi connectivity index (χ0) is 11.3. The minimum Gasteiger partial charge on any atom is -0.480 e. The fourth-order valence-corrected chi connectivity index (χ4v) is 1.06. The van der Waals surface area contributed by atoms with Gasteiger partial charge in [0, 0.05) is 11.8 Å². The fourth-order valence-electron chi connectivity index (χ4n) is 1.06. The Labute approximate surface area is 88.0 Å². The van der Waals surface area contributed by atoms with Gasteiger partial charge in [-0.1, -0.05) is 5.92 Å². The quantitative estimate of drug-likeness (QED) is 0.455. The monoisotopic (exact) mass is 205 g/mol. The maximum absolute atomic E-state index is 11.3. The highest BCUT2D eigenvalue weighted by Gasteiger charge is 2.12. The number of anilines is 1. The second kappa shape index (κ2) is 4.91. The number of benzene rings is 1. The molecule has 0 aliphatic heterocycles. The average molecular weight is 205 g/mol. The molecule has 78 valence electrons. The van der Waals surface area contributed by atoms with E-state index in [0.717, 1.165) is 0 Å². The first-order chi connectivity index (χ1) is 7.19. The molecule has 0 amide bonds. The fraction of sp³-hybridized carbons (Fsp3) is 0.182. The summed E-state index contributed by atoms with van der Waals surface area (Å²) in [4.78, 5) is 11.3. The van der Waals surface area contributed by atoms with E-state index in [4.69, 9.17) is 16.9 Å². The maximum atomic E-state index is 11.3. The number of ether oxygens (including phenoxy) is 2. The highest BCUT2D eigenvalue weighted by atomic mass is 16.5. The van der Waals surface area contributed by atoms with Gasteiger partial charge in [-0.3, -0.25) is 0 Å². The van der Waals surface area contributed by atoms with Crippen LogP contribution < -0.4 is 10.5 Å². The van der Waals surface area contributed by atoms with Crippen LogP contribution in [0.4, 0.5) is 5.69 Å². The molecule has 1 rings (SSSR count). The molecule has 0 unspecified atom stereocenters. The van der Waals surface area contributed by atoms with Gasteiger partial charge < -0.3 is 15.2 Å². The van der Waals surface area contributed by atoms with E-state index in [1.54, 1.807) is 6.07 Å². The van der Waals surface area contributed by atoms with Crippen molar-refractivity contribution in [2.24, 2.45) is 0 Å². The van der Waals surface area contributed by atoms with Crippen molar-refractivity contribution in [1.82, 2.24) is 0 Å². The van der Waals surface area contributed by atoms with Crippen molar-refractivity contribution >= 4 is 11.7 Å². The number of terminal acetylenes is 1. The minimum absolute atomic E-state index is 0.0768. The van der Waals surface area contributed by atoms with Crippen LogP contribution in [0.15, 0.2) is 18.2 Å². The van der Waals surface area contributed by atoms with Crippen LogP contribution in [-0.4, -0.2) is 19.7 Å². The lowest BCUT2D eigenvalue weighted by atomic mass is 10.2. The Morgan fingerprint density at radius 3 is 2.93 bits per heavy atom. The van der Waals surface area contributed by atoms with Crippen molar-refractivity contribution in [3.8, 4) is 18.1 Å². The van der Waals surface area contributed by atoms with Crippen LogP contribution in [0.3, 0.4) is 0 Å². The van der Waals surface area contributed by atoms with Crippen LogP contribution in [0, 0.1) is 12.3 Å². The van der Waals surface area contributed by atoms with E-state index in [2.05, 4.69) is 10.7 Å². The van der Waals surface area contributed by atoms with E-state index in [1.807, 2.05) is 0 Å². The standard InChI is InChI=1S/C11H11NO3/c1-3-6-15-10-7-8(12)4-5-9(10)11(13)14-2/h1,4-5,7H,6,12H2,2H3. The first kappa shape index (κ1) is 10.9. The summed E-state index contributed by atoms with van der Waals surface area (Å²) in [6.45, 7) is 0.0768. The van der Waals surface area contributed by atoms with Gasteiger partial charge in [0.05, 0.1) is 7.11 Å². The number of methoxy groups -OCH3 is 1. The van der Waals surface area contributed by atoms with E-state index in [-0.39, 0.29) is 6.61 Å². The number of hydrogen-bond donors (Lipinski definition) is 1. The number of nitrogens with two attached hydrogens (primary N) is 1. The lowest BCUT2D eigenvalue weighted by Gasteiger charge is -2.08. The SMILES string of the molecule is C#CCOc1cc(N)ccc1C(=O)OC. The minimum atomic E-state index is -0.484. The first-order valence-electron chi connectivity index (χ1n) is 4.23. The van der Waals surface area contributed by atoms with Crippen molar-refractivity contribution in [2.75, 3.05) is 19.5 Å². The second-order valence-corrected chi connectivity index (χ2v) is 2.74. The summed E-state index contributed by atoms with van der Waals surface area (Å²) in [7, 11) is 1.30. The van der Waals surface area contributed by atoms with E-state index < -0.39 is 5.97 Å². The van der Waals surface area contributed by atoms with Gasteiger partial charge in [-0.15, -0.1) is 6.42 Å². The Morgan fingerprint density at radius 2 is 2.33 bits per heavy atom. The number of esters is 1. The maximum Gasteiger partial charge on any atom is 0.341 e. The average Bonchev–Trinajstić information content (AvgIpc) is 2.25. The van der Waals surface area contributed by atoms with Crippen molar-refractivity contribution in [3.05, 3.63) is 23.8 Å². The molecule has 4 heteroatoms. The molecule has 4 nitrogen and oxygen atoms in total. The molecule has 0 radical (unpaired) electrons. The lowest BCUT2D eigenvalue weighted by molar-refractivity contribution is 0.0596. The van der Waals surface area contributed by atoms with E-state index in [0.29, 0.717) is 17.0 Å². The van der Waals surface area contributed by atoms with Crippen molar-refractivity contribution in [2.45, 2.75) is 0 Å².